The molecule has 1 N–H and O–H groups in total. The molecule has 0 aromatic heterocycles. The van der Waals surface area contributed by atoms with Gasteiger partial charge in [0.25, 0.3) is 0 Å². The van der Waals surface area contributed by atoms with E-state index < -0.39 is 0 Å². The monoisotopic (exact) mass is 532 g/mol. The normalized spacial score (nSPS) is 16.4. The second-order valence-corrected chi connectivity index (χ2v) is 7.85. The summed E-state index contributed by atoms with van der Waals surface area (Å²) in [5, 5.41) is 3.47. The van der Waals surface area contributed by atoms with Crippen LogP contribution in [0.15, 0.2) is 35.3 Å². The van der Waals surface area contributed by atoms with Gasteiger partial charge in [0.2, 0.25) is 0 Å². The van der Waals surface area contributed by atoms with Crippen molar-refractivity contribution in [3.05, 3.63) is 35.9 Å². The van der Waals surface area contributed by atoms with Gasteiger partial charge < -0.3 is 19.7 Å². The number of aliphatic imine (C=N–C) groups is 1. The van der Waals surface area contributed by atoms with E-state index in [9.17, 15) is 0 Å². The van der Waals surface area contributed by atoms with Crippen molar-refractivity contribution < 1.29 is 9.47 Å². The number of methoxy groups -OCH3 is 1. The van der Waals surface area contributed by atoms with Gasteiger partial charge in [0.1, 0.15) is 0 Å². The van der Waals surface area contributed by atoms with E-state index in [1.54, 1.807) is 7.11 Å². The van der Waals surface area contributed by atoms with Gasteiger partial charge in [-0.1, -0.05) is 30.3 Å². The molecular weight excluding hydrogens is 491 g/mol. The molecule has 0 aliphatic carbocycles. The number of nitrogens with one attached hydrogen (secondary N) is 1. The average molecular weight is 533 g/mol. The first kappa shape index (κ1) is 27.1. The molecule has 1 aromatic rings. The van der Waals surface area contributed by atoms with Gasteiger partial charge in [-0.3, -0.25) is 9.89 Å². The van der Waals surface area contributed by atoms with E-state index in [0.29, 0.717) is 12.1 Å². The zero-order valence-corrected chi connectivity index (χ0v) is 21.5. The van der Waals surface area contributed by atoms with E-state index in [1.165, 1.54) is 5.56 Å². The summed E-state index contributed by atoms with van der Waals surface area (Å²) < 4.78 is 11.1. The number of hydrogen-bond acceptors (Lipinski definition) is 4. The minimum atomic E-state index is 0. The van der Waals surface area contributed by atoms with Crippen molar-refractivity contribution in [3.8, 4) is 0 Å². The van der Waals surface area contributed by atoms with Crippen LogP contribution in [0.3, 0.4) is 0 Å². The van der Waals surface area contributed by atoms with Gasteiger partial charge in [-0.2, -0.15) is 0 Å². The van der Waals surface area contributed by atoms with Gasteiger partial charge in [0.05, 0.1) is 12.6 Å². The molecule has 0 saturated carbocycles. The zero-order valence-electron chi connectivity index (χ0n) is 19.2. The van der Waals surface area contributed by atoms with Crippen molar-refractivity contribution in [1.29, 1.82) is 0 Å². The third kappa shape index (κ3) is 9.94. The fourth-order valence-corrected chi connectivity index (χ4v) is 3.50. The summed E-state index contributed by atoms with van der Waals surface area (Å²) in [5.74, 6) is 1.03. The van der Waals surface area contributed by atoms with Crippen molar-refractivity contribution in [1.82, 2.24) is 15.1 Å². The highest BCUT2D eigenvalue weighted by Crippen LogP contribution is 2.14. The minimum absolute atomic E-state index is 0. The maximum absolute atomic E-state index is 5.99. The SMILES string of the molecule is CCNC(=NCC(C)N(C)Cc1ccccc1)N1CCC(OCCCOC)CC1.I. The zero-order chi connectivity index (χ0) is 20.9. The van der Waals surface area contributed by atoms with E-state index in [-0.39, 0.29) is 24.0 Å². The van der Waals surface area contributed by atoms with Crippen LogP contribution in [0.1, 0.15) is 38.7 Å². The maximum atomic E-state index is 5.99. The fourth-order valence-electron chi connectivity index (χ4n) is 3.50. The number of likely N-dealkylation sites (N-methyl/N-ethyl adjacent to an activating group) is 1. The lowest BCUT2D eigenvalue weighted by atomic mass is 10.1. The van der Waals surface area contributed by atoms with Gasteiger partial charge in [0, 0.05) is 52.5 Å². The molecule has 6 nitrogen and oxygen atoms in total. The summed E-state index contributed by atoms with van der Waals surface area (Å²) in [6, 6.07) is 11.0. The molecule has 0 spiro atoms. The second-order valence-electron chi connectivity index (χ2n) is 7.85. The van der Waals surface area contributed by atoms with Crippen molar-refractivity contribution in [2.75, 3.05) is 53.6 Å². The third-order valence-electron chi connectivity index (χ3n) is 5.46. The Morgan fingerprint density at radius 2 is 1.93 bits per heavy atom. The summed E-state index contributed by atoms with van der Waals surface area (Å²) in [6.45, 7) is 10.6. The summed E-state index contributed by atoms with van der Waals surface area (Å²) in [5.41, 5.74) is 1.34. The fraction of sp³-hybridized carbons (Fsp3) is 0.696. The smallest absolute Gasteiger partial charge is 0.193 e. The molecule has 0 radical (unpaired) electrons. The molecular formula is C23H41IN4O2. The van der Waals surface area contributed by atoms with E-state index in [2.05, 4.69) is 66.3 Å². The Morgan fingerprint density at radius 3 is 2.57 bits per heavy atom. The van der Waals surface area contributed by atoms with Crippen LogP contribution in [0.25, 0.3) is 0 Å². The lowest BCUT2D eigenvalue weighted by Crippen LogP contribution is -2.47. The topological polar surface area (TPSA) is 49.3 Å². The standard InChI is InChI=1S/C23H40N4O2.HI/c1-5-24-23(27-14-12-22(13-15-27)29-17-9-16-28-4)25-18-20(2)26(3)19-21-10-7-6-8-11-21;/h6-8,10-11,20,22H,5,9,12-19H2,1-4H3,(H,24,25);1H. The predicted molar refractivity (Wildman–Crippen MR) is 136 cm³/mol. The molecule has 1 heterocycles. The van der Waals surface area contributed by atoms with Crippen LogP contribution >= 0.6 is 24.0 Å². The lowest BCUT2D eigenvalue weighted by molar-refractivity contribution is 0.00989. The molecule has 172 valence electrons. The number of hydrogen-bond donors (Lipinski definition) is 1. The first-order valence-electron chi connectivity index (χ1n) is 11.0. The number of likely N-dealkylation sites (tertiary alicyclic amines) is 1. The molecule has 1 aliphatic heterocycles. The molecule has 0 bridgehead atoms. The first-order chi connectivity index (χ1) is 14.1. The van der Waals surface area contributed by atoms with Crippen LogP contribution in [0.4, 0.5) is 0 Å². The summed E-state index contributed by atoms with van der Waals surface area (Å²) in [6.07, 6.45) is 3.44. The number of guanidine groups is 1. The summed E-state index contributed by atoms with van der Waals surface area (Å²) >= 11 is 0. The van der Waals surface area contributed by atoms with Gasteiger partial charge >= 0.3 is 0 Å². The highest BCUT2D eigenvalue weighted by atomic mass is 127. The Balaban J connectivity index is 0.00000450. The van der Waals surface area contributed by atoms with Gasteiger partial charge in [-0.05, 0) is 45.7 Å². The van der Waals surface area contributed by atoms with Crippen LogP contribution in [0.2, 0.25) is 0 Å². The van der Waals surface area contributed by atoms with Crippen LogP contribution in [-0.4, -0.2) is 81.5 Å². The molecule has 1 atom stereocenters. The van der Waals surface area contributed by atoms with Crippen molar-refractivity contribution >= 4 is 29.9 Å². The van der Waals surface area contributed by atoms with E-state index in [1.807, 2.05) is 0 Å². The lowest BCUT2D eigenvalue weighted by Gasteiger charge is -2.34. The van der Waals surface area contributed by atoms with E-state index in [0.717, 1.165) is 71.2 Å². The Morgan fingerprint density at radius 1 is 1.23 bits per heavy atom. The summed E-state index contributed by atoms with van der Waals surface area (Å²) in [4.78, 5) is 9.68. The quantitative estimate of drug-likeness (QED) is 0.204. The average Bonchev–Trinajstić information content (AvgIpc) is 2.75. The maximum Gasteiger partial charge on any atom is 0.193 e. The van der Waals surface area contributed by atoms with Gasteiger partial charge in [-0.25, -0.2) is 0 Å². The molecule has 1 saturated heterocycles. The van der Waals surface area contributed by atoms with Crippen LogP contribution in [-0.2, 0) is 16.0 Å². The first-order valence-corrected chi connectivity index (χ1v) is 11.0. The molecule has 1 fully saturated rings. The molecule has 1 aromatic carbocycles. The molecule has 0 amide bonds. The van der Waals surface area contributed by atoms with Crippen LogP contribution < -0.4 is 5.32 Å². The van der Waals surface area contributed by atoms with Crippen molar-refractivity contribution in [2.45, 2.75) is 51.8 Å². The Labute approximate surface area is 200 Å². The van der Waals surface area contributed by atoms with Crippen LogP contribution in [0, 0.1) is 0 Å². The number of nitrogens with zero attached hydrogens (tertiary/aromatic N) is 3. The number of ether oxygens (including phenoxy) is 2. The van der Waals surface area contributed by atoms with Crippen molar-refractivity contribution in [3.63, 3.8) is 0 Å². The number of piperidine rings is 1. The van der Waals surface area contributed by atoms with Gasteiger partial charge in [-0.15, -0.1) is 24.0 Å². The second kappa shape index (κ2) is 15.8. The Bertz CT molecular complexity index is 580. The van der Waals surface area contributed by atoms with Crippen molar-refractivity contribution in [2.24, 2.45) is 4.99 Å². The van der Waals surface area contributed by atoms with Crippen LogP contribution in [0.5, 0.6) is 0 Å². The van der Waals surface area contributed by atoms with E-state index >= 15 is 0 Å². The molecule has 7 heteroatoms. The highest BCUT2D eigenvalue weighted by molar-refractivity contribution is 14.0. The number of benzene rings is 1. The molecule has 30 heavy (non-hydrogen) atoms. The summed E-state index contributed by atoms with van der Waals surface area (Å²) in [7, 11) is 3.91. The highest BCUT2D eigenvalue weighted by Gasteiger charge is 2.22. The molecule has 1 unspecified atom stereocenters. The largest absolute Gasteiger partial charge is 0.385 e. The Hall–Kier alpha value is -0.900. The minimum Gasteiger partial charge on any atom is -0.385 e. The van der Waals surface area contributed by atoms with E-state index in [4.69, 9.17) is 14.5 Å². The number of halogens is 1. The molecule has 1 aliphatic rings. The third-order valence-corrected chi connectivity index (χ3v) is 5.46. The number of rotatable bonds is 11. The predicted octanol–water partition coefficient (Wildman–Crippen LogP) is 3.61. The Kier molecular flexibility index (Phi) is 14.3. The molecule has 2 rings (SSSR count). The van der Waals surface area contributed by atoms with Gasteiger partial charge in [0.15, 0.2) is 5.96 Å².